The maximum atomic E-state index is 12.0. The van der Waals surface area contributed by atoms with Gasteiger partial charge in [0.2, 0.25) is 0 Å². The summed E-state index contributed by atoms with van der Waals surface area (Å²) in [6.07, 6.45) is 8.30. The molecule has 21 heavy (non-hydrogen) atoms. The normalized spacial score (nSPS) is 10.6. The van der Waals surface area contributed by atoms with Gasteiger partial charge in [0.15, 0.2) is 5.13 Å². The summed E-state index contributed by atoms with van der Waals surface area (Å²) in [5.41, 5.74) is 5.80. The number of thiazole rings is 1. The molecular formula is C15H28N4OS. The fourth-order valence-electron chi connectivity index (χ4n) is 1.99. The molecule has 120 valence electrons. The van der Waals surface area contributed by atoms with Crippen LogP contribution < -0.4 is 16.4 Å². The molecule has 0 atom stereocenters. The minimum Gasteiger partial charge on any atom is -0.382 e. The molecule has 1 rings (SSSR count). The monoisotopic (exact) mass is 312 g/mol. The van der Waals surface area contributed by atoms with Crippen molar-refractivity contribution in [3.05, 3.63) is 4.88 Å². The molecule has 5 nitrogen and oxygen atoms in total. The van der Waals surface area contributed by atoms with E-state index in [0.29, 0.717) is 17.2 Å². The van der Waals surface area contributed by atoms with Crippen LogP contribution in [0.15, 0.2) is 0 Å². The van der Waals surface area contributed by atoms with Gasteiger partial charge in [0.05, 0.1) is 0 Å². The Hall–Kier alpha value is -1.30. The summed E-state index contributed by atoms with van der Waals surface area (Å²) in [4.78, 5) is 16.7. The molecule has 1 aromatic heterocycles. The van der Waals surface area contributed by atoms with Gasteiger partial charge in [-0.3, -0.25) is 4.79 Å². The van der Waals surface area contributed by atoms with Crippen molar-refractivity contribution >= 4 is 28.2 Å². The number of amides is 1. The Morgan fingerprint density at radius 2 is 1.81 bits per heavy atom. The lowest BCUT2D eigenvalue weighted by Gasteiger charge is -2.04. The summed E-state index contributed by atoms with van der Waals surface area (Å²) in [6.45, 7) is 5.84. The second-order valence-corrected chi connectivity index (χ2v) is 6.18. The SMILES string of the molecule is CCCCCCCCNC(=O)c1sc(NCCC)nc1N. The molecule has 0 fully saturated rings. The van der Waals surface area contributed by atoms with Gasteiger partial charge >= 0.3 is 0 Å². The van der Waals surface area contributed by atoms with E-state index in [2.05, 4.69) is 29.5 Å². The van der Waals surface area contributed by atoms with Crippen molar-refractivity contribution in [2.45, 2.75) is 58.8 Å². The van der Waals surface area contributed by atoms with Crippen LogP contribution in [0.3, 0.4) is 0 Å². The zero-order chi connectivity index (χ0) is 15.5. The average molecular weight is 312 g/mol. The lowest BCUT2D eigenvalue weighted by atomic mass is 10.1. The van der Waals surface area contributed by atoms with E-state index in [1.54, 1.807) is 0 Å². The highest BCUT2D eigenvalue weighted by molar-refractivity contribution is 7.18. The largest absolute Gasteiger partial charge is 0.382 e. The van der Waals surface area contributed by atoms with Gasteiger partial charge in [-0.15, -0.1) is 0 Å². The number of rotatable bonds is 11. The molecule has 0 aliphatic rings. The smallest absolute Gasteiger partial charge is 0.265 e. The molecule has 0 aliphatic heterocycles. The number of carbonyl (C=O) groups is 1. The molecule has 6 heteroatoms. The van der Waals surface area contributed by atoms with E-state index in [4.69, 9.17) is 5.73 Å². The summed E-state index contributed by atoms with van der Waals surface area (Å²) in [7, 11) is 0. The van der Waals surface area contributed by atoms with E-state index < -0.39 is 0 Å². The van der Waals surface area contributed by atoms with Gasteiger partial charge < -0.3 is 16.4 Å². The Bertz CT molecular complexity index is 420. The molecule has 0 saturated heterocycles. The molecular weight excluding hydrogens is 284 g/mol. The van der Waals surface area contributed by atoms with Gasteiger partial charge in [0.25, 0.3) is 5.91 Å². The van der Waals surface area contributed by atoms with Gasteiger partial charge in [-0.05, 0) is 12.8 Å². The highest BCUT2D eigenvalue weighted by atomic mass is 32.1. The van der Waals surface area contributed by atoms with Crippen molar-refractivity contribution in [1.82, 2.24) is 10.3 Å². The summed E-state index contributed by atoms with van der Waals surface area (Å²) >= 11 is 1.32. The van der Waals surface area contributed by atoms with Crippen LogP contribution >= 0.6 is 11.3 Å². The van der Waals surface area contributed by atoms with Crippen LogP contribution in [-0.2, 0) is 0 Å². The lowest BCUT2D eigenvalue weighted by Crippen LogP contribution is -2.24. The Kier molecular flexibility index (Phi) is 8.82. The number of nitrogens with one attached hydrogen (secondary N) is 2. The van der Waals surface area contributed by atoms with Crippen molar-refractivity contribution in [3.63, 3.8) is 0 Å². The third-order valence-electron chi connectivity index (χ3n) is 3.20. The molecule has 0 unspecified atom stereocenters. The Labute approximate surface area is 131 Å². The van der Waals surface area contributed by atoms with Crippen LogP contribution in [0.4, 0.5) is 10.9 Å². The molecule has 0 bridgehead atoms. The highest BCUT2D eigenvalue weighted by Gasteiger charge is 2.15. The predicted molar refractivity (Wildman–Crippen MR) is 91.0 cm³/mol. The van der Waals surface area contributed by atoms with Crippen LogP contribution in [0.5, 0.6) is 0 Å². The van der Waals surface area contributed by atoms with E-state index in [9.17, 15) is 4.79 Å². The van der Waals surface area contributed by atoms with Gasteiger partial charge in [-0.25, -0.2) is 4.98 Å². The van der Waals surface area contributed by atoms with Crippen LogP contribution in [0.2, 0.25) is 0 Å². The first kappa shape index (κ1) is 17.8. The molecule has 0 spiro atoms. The molecule has 1 heterocycles. The predicted octanol–water partition coefficient (Wildman–Crippen LogP) is 3.64. The van der Waals surface area contributed by atoms with Crippen LogP contribution in [0, 0.1) is 0 Å². The first-order valence-electron chi connectivity index (χ1n) is 7.97. The van der Waals surface area contributed by atoms with E-state index in [1.807, 2.05) is 0 Å². The number of aromatic nitrogens is 1. The number of hydrogen-bond acceptors (Lipinski definition) is 5. The van der Waals surface area contributed by atoms with Crippen molar-refractivity contribution < 1.29 is 4.79 Å². The zero-order valence-electron chi connectivity index (χ0n) is 13.2. The Balaban J connectivity index is 2.26. The molecule has 0 aromatic carbocycles. The fraction of sp³-hybridized carbons (Fsp3) is 0.733. The molecule has 0 saturated carbocycles. The number of hydrogen-bond donors (Lipinski definition) is 3. The fourth-order valence-corrected chi connectivity index (χ4v) is 2.82. The Morgan fingerprint density at radius 1 is 1.10 bits per heavy atom. The first-order valence-corrected chi connectivity index (χ1v) is 8.79. The van der Waals surface area contributed by atoms with E-state index in [-0.39, 0.29) is 5.91 Å². The van der Waals surface area contributed by atoms with Crippen molar-refractivity contribution in [2.24, 2.45) is 0 Å². The Morgan fingerprint density at radius 3 is 2.52 bits per heavy atom. The van der Waals surface area contributed by atoms with Crippen LogP contribution in [0.25, 0.3) is 0 Å². The molecule has 4 N–H and O–H groups in total. The third kappa shape index (κ3) is 6.80. The van der Waals surface area contributed by atoms with Crippen molar-refractivity contribution in [1.29, 1.82) is 0 Å². The second kappa shape index (κ2) is 10.4. The summed E-state index contributed by atoms with van der Waals surface area (Å²) in [6, 6.07) is 0. The van der Waals surface area contributed by atoms with E-state index in [1.165, 1.54) is 43.4 Å². The highest BCUT2D eigenvalue weighted by Crippen LogP contribution is 2.24. The number of anilines is 2. The van der Waals surface area contributed by atoms with Gasteiger partial charge in [-0.2, -0.15) is 0 Å². The van der Waals surface area contributed by atoms with Gasteiger partial charge in [0, 0.05) is 13.1 Å². The van der Waals surface area contributed by atoms with E-state index >= 15 is 0 Å². The minimum atomic E-state index is -0.108. The van der Waals surface area contributed by atoms with Crippen molar-refractivity contribution in [2.75, 3.05) is 24.1 Å². The maximum Gasteiger partial charge on any atom is 0.265 e. The second-order valence-electron chi connectivity index (χ2n) is 5.18. The number of unbranched alkanes of at least 4 members (excludes halogenated alkanes) is 5. The lowest BCUT2D eigenvalue weighted by molar-refractivity contribution is 0.0957. The summed E-state index contributed by atoms with van der Waals surface area (Å²) in [5, 5.41) is 6.80. The van der Waals surface area contributed by atoms with Gasteiger partial charge in [-0.1, -0.05) is 57.3 Å². The topological polar surface area (TPSA) is 80.0 Å². The van der Waals surface area contributed by atoms with Crippen molar-refractivity contribution in [3.8, 4) is 0 Å². The average Bonchev–Trinajstić information content (AvgIpc) is 2.85. The molecule has 0 radical (unpaired) electrons. The summed E-state index contributed by atoms with van der Waals surface area (Å²) in [5.74, 6) is 0.210. The molecule has 1 amide bonds. The van der Waals surface area contributed by atoms with E-state index in [0.717, 1.165) is 24.5 Å². The van der Waals surface area contributed by atoms with Crippen LogP contribution in [0.1, 0.15) is 68.5 Å². The molecule has 1 aromatic rings. The first-order chi connectivity index (χ1) is 10.2. The van der Waals surface area contributed by atoms with Crippen LogP contribution in [-0.4, -0.2) is 24.0 Å². The molecule has 0 aliphatic carbocycles. The number of carbonyl (C=O) groups excluding carboxylic acids is 1. The minimum absolute atomic E-state index is 0.108. The number of nitrogen functional groups attached to an aromatic ring is 1. The number of nitrogens with two attached hydrogens (primary N) is 1. The van der Waals surface area contributed by atoms with Gasteiger partial charge in [0.1, 0.15) is 10.7 Å². The standard InChI is InChI=1S/C15H28N4OS/c1-3-5-6-7-8-9-11-17-14(20)12-13(16)19-15(21-12)18-10-4-2/h3-11,16H2,1-2H3,(H,17,20)(H,18,19). The third-order valence-corrected chi connectivity index (χ3v) is 4.23. The maximum absolute atomic E-state index is 12.0. The number of nitrogens with zero attached hydrogens (tertiary/aromatic N) is 1. The zero-order valence-corrected chi connectivity index (χ0v) is 14.0. The quantitative estimate of drug-likeness (QED) is 0.545. The summed E-state index contributed by atoms with van der Waals surface area (Å²) < 4.78 is 0.